The molecule has 1 unspecified atom stereocenters. The van der Waals surface area contributed by atoms with Gasteiger partial charge in [-0.1, -0.05) is 164 Å². The zero-order chi connectivity index (χ0) is 41.6. The standard InChI is InChI=1S/C57H39N6/c1-37-17-14-15-36-60-55(41-32-30-39(31-33-41)38-18-4-2-5-19-38)58-56(62-50-28-13-10-24-47(50)52-42(25-16-29-51(52)62)40-20-6-3-7-21-40)59-57(60)63-49-27-12-9-23-44(49)46-35-34-45-43-22-8-11-26-48(43)61(37)53(45)54(46)63/h2-36,55H,1H3/q+1. The quantitative estimate of drug-likeness (QED) is 0.160. The third kappa shape index (κ3) is 5.28. The van der Waals surface area contributed by atoms with Crippen molar-refractivity contribution in [2.45, 2.75) is 13.1 Å². The molecule has 296 valence electrons. The lowest BCUT2D eigenvalue weighted by Crippen LogP contribution is -2.58. The maximum absolute atomic E-state index is 5.80. The molecular weight excluding hydrogens is 769 g/mol. The molecule has 0 radical (unpaired) electrons. The first kappa shape index (κ1) is 35.4. The summed E-state index contributed by atoms with van der Waals surface area (Å²) in [7, 11) is 0. The molecule has 6 nitrogen and oxygen atoms in total. The zero-order valence-corrected chi connectivity index (χ0v) is 34.5. The number of fused-ring (bicyclic) bond motifs is 11. The van der Waals surface area contributed by atoms with Crippen molar-refractivity contribution < 1.29 is 4.57 Å². The van der Waals surface area contributed by atoms with Crippen molar-refractivity contribution in [3.63, 3.8) is 0 Å². The Morgan fingerprint density at radius 3 is 1.70 bits per heavy atom. The summed E-state index contributed by atoms with van der Waals surface area (Å²) in [6.07, 6.45) is 1.68. The van der Waals surface area contributed by atoms with E-state index >= 15 is 0 Å². The fourth-order valence-electron chi connectivity index (χ4n) is 10.2. The fraction of sp³-hybridized carbons (Fsp3) is 0.0351. The summed E-state index contributed by atoms with van der Waals surface area (Å²) >= 11 is 0. The van der Waals surface area contributed by atoms with Crippen molar-refractivity contribution in [2.24, 2.45) is 9.98 Å². The molecule has 4 aromatic heterocycles. The lowest BCUT2D eigenvalue weighted by atomic mass is 9.99. The monoisotopic (exact) mass is 807 g/mol. The van der Waals surface area contributed by atoms with Crippen molar-refractivity contribution >= 4 is 71.4 Å². The van der Waals surface area contributed by atoms with Crippen LogP contribution in [0.4, 0.5) is 0 Å². The van der Waals surface area contributed by atoms with E-state index in [1.54, 1.807) is 0 Å². The Labute approximate surface area is 362 Å². The van der Waals surface area contributed by atoms with Crippen LogP contribution in [0.3, 0.4) is 0 Å². The second kappa shape index (κ2) is 13.8. The van der Waals surface area contributed by atoms with Crippen molar-refractivity contribution in [1.82, 2.24) is 13.4 Å². The van der Waals surface area contributed by atoms with Crippen molar-refractivity contribution in [1.29, 1.82) is 0 Å². The van der Waals surface area contributed by atoms with Crippen LogP contribution in [0, 0.1) is 6.92 Å². The van der Waals surface area contributed by atoms with Gasteiger partial charge in [-0.25, -0.2) is 4.57 Å². The molecule has 0 spiro atoms. The smallest absolute Gasteiger partial charge is 0.310 e. The van der Waals surface area contributed by atoms with Crippen LogP contribution in [-0.2, 0) is 0 Å². The van der Waals surface area contributed by atoms with E-state index in [2.05, 4.69) is 237 Å². The van der Waals surface area contributed by atoms with Gasteiger partial charge in [0.1, 0.15) is 11.0 Å². The number of hydrogen-bond donors (Lipinski definition) is 0. The predicted octanol–water partition coefficient (Wildman–Crippen LogP) is 12.6. The first-order valence-corrected chi connectivity index (χ1v) is 21.5. The van der Waals surface area contributed by atoms with Crippen LogP contribution >= 0.6 is 0 Å². The summed E-state index contributed by atoms with van der Waals surface area (Å²) in [5, 5.41) is 7.08. The largest absolute Gasteiger partial charge is 0.409 e. The fourth-order valence-corrected chi connectivity index (χ4v) is 10.2. The molecule has 0 saturated carbocycles. The topological polar surface area (TPSA) is 42.3 Å². The minimum Gasteiger partial charge on any atom is -0.310 e. The van der Waals surface area contributed by atoms with Crippen LogP contribution in [0.15, 0.2) is 222 Å². The molecule has 1 aliphatic heterocycles. The van der Waals surface area contributed by atoms with Crippen LogP contribution in [0.25, 0.3) is 87.7 Å². The lowest BCUT2D eigenvalue weighted by molar-refractivity contribution is -0.731. The Hall–Kier alpha value is -8.35. The normalized spacial score (nSPS) is 13.9. The van der Waals surface area contributed by atoms with Crippen molar-refractivity contribution in [2.75, 3.05) is 0 Å². The highest BCUT2D eigenvalue weighted by atomic mass is 15.3. The SMILES string of the molecule is Cc1cccc[n+]2c(n3c4ccccc4c4ccc5c6ccccc6n1c5c43)=NC(n1c3ccccc3c3c(-c4ccccc4)cccc31)=NC2c1ccc(-c2ccccc2)cc1. The molecule has 0 saturated heterocycles. The number of rotatable bonds is 3. The molecular formula is C57H39N6+. The number of para-hydroxylation sites is 3. The molecule has 63 heavy (non-hydrogen) atoms. The Bertz CT molecular complexity index is 3970. The number of aromatic nitrogens is 4. The third-order valence-electron chi connectivity index (χ3n) is 12.9. The first-order chi connectivity index (χ1) is 31.2. The average molecular weight is 808 g/mol. The highest BCUT2D eigenvalue weighted by Crippen LogP contribution is 2.39. The number of hydrogen-bond acceptors (Lipinski definition) is 2. The summed E-state index contributed by atoms with van der Waals surface area (Å²) in [4.78, 5) is 11.5. The third-order valence-corrected chi connectivity index (χ3v) is 12.9. The van der Waals surface area contributed by atoms with Crippen molar-refractivity contribution in [3.05, 3.63) is 229 Å². The maximum atomic E-state index is 5.80. The Morgan fingerprint density at radius 2 is 0.984 bits per heavy atom. The molecule has 0 aliphatic carbocycles. The average Bonchev–Trinajstić information content (AvgIpc) is 3.99. The second-order valence-corrected chi connectivity index (χ2v) is 16.4. The highest BCUT2D eigenvalue weighted by molar-refractivity contribution is 6.23. The van der Waals surface area contributed by atoms with Crippen LogP contribution in [-0.4, -0.2) is 19.3 Å². The molecule has 0 N–H and O–H groups in total. The van der Waals surface area contributed by atoms with Gasteiger partial charge >= 0.3 is 11.6 Å². The molecule has 0 bridgehead atoms. The van der Waals surface area contributed by atoms with Gasteiger partial charge in [-0.2, -0.15) is 9.39 Å². The molecule has 6 heteroatoms. The maximum Gasteiger partial charge on any atom is 0.409 e. The zero-order valence-electron chi connectivity index (χ0n) is 34.5. The van der Waals surface area contributed by atoms with Crippen LogP contribution < -0.4 is 10.2 Å². The molecule has 5 heterocycles. The van der Waals surface area contributed by atoms with E-state index in [4.69, 9.17) is 9.98 Å². The van der Waals surface area contributed by atoms with E-state index in [9.17, 15) is 0 Å². The van der Waals surface area contributed by atoms with Gasteiger partial charge in [-0.05, 0) is 76.6 Å². The van der Waals surface area contributed by atoms with Gasteiger partial charge in [-0.15, -0.1) is 0 Å². The van der Waals surface area contributed by atoms with Gasteiger partial charge < -0.3 is 4.40 Å². The summed E-state index contributed by atoms with van der Waals surface area (Å²) in [5.41, 5.74) is 14.2. The molecule has 1 aliphatic rings. The molecule has 12 aromatic rings. The van der Waals surface area contributed by atoms with E-state index in [0.29, 0.717) is 5.96 Å². The van der Waals surface area contributed by atoms with E-state index < -0.39 is 6.17 Å². The van der Waals surface area contributed by atoms with Crippen LogP contribution in [0.5, 0.6) is 0 Å². The van der Waals surface area contributed by atoms with Crippen LogP contribution in [0.1, 0.15) is 17.4 Å². The Morgan fingerprint density at radius 1 is 0.429 bits per heavy atom. The van der Waals surface area contributed by atoms with Crippen LogP contribution in [0.2, 0.25) is 0 Å². The first-order valence-electron chi connectivity index (χ1n) is 21.5. The van der Waals surface area contributed by atoms with Crippen molar-refractivity contribution in [3.8, 4) is 22.3 Å². The van der Waals surface area contributed by atoms with E-state index in [-0.39, 0.29) is 0 Å². The number of aryl methyl sites for hydroxylation is 1. The van der Waals surface area contributed by atoms with Gasteiger partial charge in [0, 0.05) is 43.6 Å². The number of aliphatic imine (C=N–C) groups is 1. The molecule has 0 fully saturated rings. The summed E-state index contributed by atoms with van der Waals surface area (Å²) in [6, 6.07) is 74.0. The summed E-state index contributed by atoms with van der Waals surface area (Å²) in [6.45, 7) is 2.20. The number of benzene rings is 8. The van der Waals surface area contributed by atoms with Gasteiger partial charge in [-0.3, -0.25) is 4.57 Å². The van der Waals surface area contributed by atoms with Gasteiger partial charge in [0.15, 0.2) is 0 Å². The summed E-state index contributed by atoms with van der Waals surface area (Å²) < 4.78 is 9.36. The highest BCUT2D eigenvalue weighted by Gasteiger charge is 2.31. The molecule has 13 rings (SSSR count). The predicted molar refractivity (Wildman–Crippen MR) is 258 cm³/mol. The summed E-state index contributed by atoms with van der Waals surface area (Å²) in [5.74, 6) is 0.620. The van der Waals surface area contributed by atoms with E-state index in [1.165, 1.54) is 49.1 Å². The number of nitrogens with zero attached hydrogens (tertiary/aromatic N) is 6. The minimum atomic E-state index is -0.470. The second-order valence-electron chi connectivity index (χ2n) is 16.4. The van der Waals surface area contributed by atoms with Gasteiger partial charge in [0.2, 0.25) is 6.17 Å². The minimum absolute atomic E-state index is 0.470. The Kier molecular flexibility index (Phi) is 7.78. The van der Waals surface area contributed by atoms with Gasteiger partial charge in [0.25, 0.3) is 0 Å². The molecule has 0 amide bonds. The Balaban J connectivity index is 1.22. The molecule has 1 atom stereocenters. The van der Waals surface area contributed by atoms with E-state index in [1.807, 2.05) is 0 Å². The lowest BCUT2D eigenvalue weighted by Gasteiger charge is -2.17. The molecule has 8 aromatic carbocycles. The van der Waals surface area contributed by atoms with E-state index in [0.717, 1.165) is 55.4 Å². The van der Waals surface area contributed by atoms with Gasteiger partial charge in [0.05, 0.1) is 28.3 Å².